The van der Waals surface area contributed by atoms with Crippen molar-refractivity contribution in [2.45, 2.75) is 11.3 Å². The van der Waals surface area contributed by atoms with E-state index in [0.29, 0.717) is 35.4 Å². The summed E-state index contributed by atoms with van der Waals surface area (Å²) < 4.78 is 59.2. The summed E-state index contributed by atoms with van der Waals surface area (Å²) in [7, 11) is -5.79. The highest BCUT2D eigenvalue weighted by Gasteiger charge is 2.26. The van der Waals surface area contributed by atoms with E-state index in [4.69, 9.17) is 4.42 Å². The molecule has 148 valence electrons. The average molecular weight is 423 g/mol. The fraction of sp³-hybridized carbons (Fsp3) is 0.235. The van der Waals surface area contributed by atoms with Crippen LogP contribution in [0.2, 0.25) is 0 Å². The van der Waals surface area contributed by atoms with Crippen molar-refractivity contribution in [1.82, 2.24) is 4.57 Å². The van der Waals surface area contributed by atoms with Crippen LogP contribution in [-0.4, -0.2) is 34.2 Å². The quantitative estimate of drug-likeness (QED) is 0.675. The van der Waals surface area contributed by atoms with Crippen LogP contribution in [0, 0.1) is 0 Å². The van der Waals surface area contributed by atoms with Gasteiger partial charge in [0.2, 0.25) is 10.0 Å². The highest BCUT2D eigenvalue weighted by molar-refractivity contribution is 7.92. The van der Waals surface area contributed by atoms with Gasteiger partial charge in [-0.1, -0.05) is 0 Å². The number of hydrogen-bond donors (Lipinski definition) is 1. The lowest BCUT2D eigenvalue weighted by Gasteiger charge is -2.16. The van der Waals surface area contributed by atoms with Crippen LogP contribution in [0.1, 0.15) is 5.56 Å². The molecule has 1 aliphatic rings. The number of benzene rings is 2. The van der Waals surface area contributed by atoms with Crippen molar-refractivity contribution in [2.24, 2.45) is 7.05 Å². The predicted octanol–water partition coefficient (Wildman–Crippen LogP) is 1.25. The van der Waals surface area contributed by atoms with Crippen molar-refractivity contribution in [2.75, 3.05) is 21.8 Å². The molecule has 0 bridgehead atoms. The van der Waals surface area contributed by atoms with Gasteiger partial charge in [0, 0.05) is 19.3 Å². The lowest BCUT2D eigenvalue weighted by Crippen LogP contribution is -2.27. The number of sulfonamides is 2. The van der Waals surface area contributed by atoms with Crippen molar-refractivity contribution >= 4 is 42.5 Å². The molecule has 0 amide bonds. The first-order valence-electron chi connectivity index (χ1n) is 8.29. The van der Waals surface area contributed by atoms with Gasteiger partial charge in [0.25, 0.3) is 10.0 Å². The molecule has 3 aromatic rings. The minimum absolute atomic E-state index is 0.0188. The zero-order valence-electron chi connectivity index (χ0n) is 15.0. The lowest BCUT2D eigenvalue weighted by atomic mass is 10.1. The first kappa shape index (κ1) is 18.6. The van der Waals surface area contributed by atoms with Gasteiger partial charge in [-0.25, -0.2) is 21.6 Å². The fourth-order valence-electron chi connectivity index (χ4n) is 3.27. The number of anilines is 2. The Bertz CT molecular complexity index is 1370. The number of nitrogens with one attached hydrogen (secondary N) is 1. The Morgan fingerprint density at radius 3 is 2.54 bits per heavy atom. The Hall–Kier alpha value is -2.79. The molecule has 0 atom stereocenters. The third-order valence-corrected chi connectivity index (χ3v) is 7.22. The van der Waals surface area contributed by atoms with Crippen molar-refractivity contribution in [3.05, 3.63) is 52.5 Å². The molecule has 1 N–H and O–H groups in total. The van der Waals surface area contributed by atoms with Crippen LogP contribution in [0.3, 0.4) is 0 Å². The molecule has 0 radical (unpaired) electrons. The van der Waals surface area contributed by atoms with E-state index in [1.165, 1.54) is 40.2 Å². The molecule has 1 aliphatic heterocycles. The van der Waals surface area contributed by atoms with Crippen LogP contribution in [-0.2, 0) is 33.5 Å². The SMILES string of the molecule is Cn1c(=O)oc2ccc(S(=O)(=O)Nc3ccc4c(c3)CCN4S(C)(=O)=O)cc21. The van der Waals surface area contributed by atoms with Crippen molar-refractivity contribution in [3.8, 4) is 0 Å². The van der Waals surface area contributed by atoms with Crippen LogP contribution < -0.4 is 14.8 Å². The van der Waals surface area contributed by atoms with E-state index in [1.54, 1.807) is 12.1 Å². The van der Waals surface area contributed by atoms with E-state index in [-0.39, 0.29) is 4.90 Å². The van der Waals surface area contributed by atoms with E-state index in [0.717, 1.165) is 11.8 Å². The summed E-state index contributed by atoms with van der Waals surface area (Å²) in [6, 6.07) is 8.88. The molecule has 0 saturated carbocycles. The van der Waals surface area contributed by atoms with Gasteiger partial charge >= 0.3 is 5.76 Å². The van der Waals surface area contributed by atoms with Crippen LogP contribution in [0.4, 0.5) is 11.4 Å². The fourth-order valence-corrected chi connectivity index (χ4v) is 5.29. The highest BCUT2D eigenvalue weighted by Crippen LogP contribution is 2.32. The normalized spacial score (nSPS) is 14.4. The summed E-state index contributed by atoms with van der Waals surface area (Å²) >= 11 is 0. The maximum atomic E-state index is 12.8. The molecule has 0 aliphatic carbocycles. The summed E-state index contributed by atoms with van der Waals surface area (Å²) in [4.78, 5) is 11.6. The van der Waals surface area contributed by atoms with Crippen molar-refractivity contribution in [3.63, 3.8) is 0 Å². The monoisotopic (exact) mass is 423 g/mol. The van der Waals surface area contributed by atoms with Gasteiger partial charge in [-0.3, -0.25) is 13.6 Å². The molecule has 2 heterocycles. The first-order valence-corrected chi connectivity index (χ1v) is 11.6. The molecule has 28 heavy (non-hydrogen) atoms. The summed E-state index contributed by atoms with van der Waals surface area (Å²) in [6.45, 7) is 0.329. The molecule has 1 aromatic heterocycles. The van der Waals surface area contributed by atoms with Gasteiger partial charge in [-0.15, -0.1) is 0 Å². The summed E-state index contributed by atoms with van der Waals surface area (Å²) in [5.74, 6) is -0.577. The smallest absolute Gasteiger partial charge is 0.408 e. The van der Waals surface area contributed by atoms with Gasteiger partial charge < -0.3 is 4.42 Å². The standard InChI is InChI=1S/C17H17N3O6S2/c1-19-15-10-13(4-6-16(15)26-17(19)21)28(24,25)18-12-3-5-14-11(9-12)7-8-20(14)27(2,22)23/h3-6,9-10,18H,7-8H2,1-2H3. The van der Waals surface area contributed by atoms with Gasteiger partial charge in [-0.05, 0) is 48.4 Å². The van der Waals surface area contributed by atoms with E-state index >= 15 is 0 Å². The van der Waals surface area contributed by atoms with Gasteiger partial charge in [0.15, 0.2) is 5.58 Å². The molecule has 0 spiro atoms. The Labute approximate surface area is 161 Å². The minimum atomic E-state index is -3.91. The summed E-state index contributed by atoms with van der Waals surface area (Å²) in [5.41, 5.74) is 2.30. The van der Waals surface area contributed by atoms with Gasteiger partial charge in [-0.2, -0.15) is 0 Å². The molecule has 0 saturated heterocycles. The molecular formula is C17H17N3O6S2. The highest BCUT2D eigenvalue weighted by atomic mass is 32.2. The van der Waals surface area contributed by atoms with E-state index in [1.807, 2.05) is 0 Å². The number of fused-ring (bicyclic) bond motifs is 2. The molecule has 4 rings (SSSR count). The van der Waals surface area contributed by atoms with Crippen molar-refractivity contribution in [1.29, 1.82) is 0 Å². The Kier molecular flexibility index (Phi) is 4.05. The second-order valence-corrected chi connectivity index (χ2v) is 10.2. The Balaban J connectivity index is 1.67. The van der Waals surface area contributed by atoms with Crippen molar-refractivity contribution < 1.29 is 21.3 Å². The third kappa shape index (κ3) is 3.06. The lowest BCUT2D eigenvalue weighted by molar-refractivity contribution is 0.528. The predicted molar refractivity (Wildman–Crippen MR) is 105 cm³/mol. The second kappa shape index (κ2) is 6.11. The summed E-state index contributed by atoms with van der Waals surface area (Å²) in [5, 5.41) is 0. The van der Waals surface area contributed by atoms with E-state index < -0.39 is 25.8 Å². The Morgan fingerprint density at radius 1 is 1.07 bits per heavy atom. The maximum absolute atomic E-state index is 12.8. The van der Waals surface area contributed by atoms with Crippen LogP contribution >= 0.6 is 0 Å². The van der Waals surface area contributed by atoms with Crippen LogP contribution in [0.15, 0.2) is 50.5 Å². The molecule has 2 aromatic carbocycles. The van der Waals surface area contributed by atoms with Crippen LogP contribution in [0.5, 0.6) is 0 Å². The summed E-state index contributed by atoms with van der Waals surface area (Å²) in [6.07, 6.45) is 1.64. The van der Waals surface area contributed by atoms with E-state index in [9.17, 15) is 21.6 Å². The maximum Gasteiger partial charge on any atom is 0.419 e. The number of nitrogens with zero attached hydrogens (tertiary/aromatic N) is 2. The molecular weight excluding hydrogens is 406 g/mol. The Morgan fingerprint density at radius 2 is 1.82 bits per heavy atom. The molecule has 9 nitrogen and oxygen atoms in total. The minimum Gasteiger partial charge on any atom is -0.408 e. The number of aromatic nitrogens is 1. The first-order chi connectivity index (χ1) is 13.1. The van der Waals surface area contributed by atoms with E-state index in [2.05, 4.69) is 4.72 Å². The second-order valence-electron chi connectivity index (χ2n) is 6.59. The molecule has 11 heteroatoms. The number of oxazole rings is 1. The largest absolute Gasteiger partial charge is 0.419 e. The number of rotatable bonds is 4. The molecule has 0 unspecified atom stereocenters. The van der Waals surface area contributed by atoms with Crippen LogP contribution in [0.25, 0.3) is 11.1 Å². The zero-order valence-corrected chi connectivity index (χ0v) is 16.7. The zero-order chi connectivity index (χ0) is 20.3. The van der Waals surface area contributed by atoms with Gasteiger partial charge in [0.05, 0.1) is 22.4 Å². The third-order valence-electron chi connectivity index (χ3n) is 4.66. The number of hydrogen-bond acceptors (Lipinski definition) is 6. The topological polar surface area (TPSA) is 119 Å². The molecule has 0 fully saturated rings. The number of aryl methyl sites for hydroxylation is 1. The van der Waals surface area contributed by atoms with Gasteiger partial charge in [0.1, 0.15) is 0 Å². The average Bonchev–Trinajstić information content (AvgIpc) is 3.15.